The number of rotatable bonds is 7. The predicted octanol–water partition coefficient (Wildman–Crippen LogP) is 5.52. The van der Waals surface area contributed by atoms with Gasteiger partial charge in [-0.2, -0.15) is 5.10 Å². The Morgan fingerprint density at radius 3 is 2.29 bits per heavy atom. The van der Waals surface area contributed by atoms with E-state index in [4.69, 9.17) is 16.7 Å². The Balaban J connectivity index is 1.93. The van der Waals surface area contributed by atoms with Gasteiger partial charge in [0, 0.05) is 41.3 Å². The van der Waals surface area contributed by atoms with Crippen LogP contribution in [-0.4, -0.2) is 30.5 Å². The van der Waals surface area contributed by atoms with Gasteiger partial charge in [-0.3, -0.25) is 4.99 Å². The molecule has 0 aliphatic rings. The summed E-state index contributed by atoms with van der Waals surface area (Å²) in [4.78, 5) is 7.78. The standard InChI is InChI=1S/C22H25ClN4S/c1-4-24-22-27(21(16-28-22)18-9-11-19(23)12-10-18)25-15-17-7-13-20(14-8-17)26(5-2)6-3/h7-16H,4-6H2,1-3H3. The summed E-state index contributed by atoms with van der Waals surface area (Å²) in [6.45, 7) is 9.09. The van der Waals surface area contributed by atoms with E-state index < -0.39 is 0 Å². The van der Waals surface area contributed by atoms with Crippen LogP contribution in [0.25, 0.3) is 11.3 Å². The monoisotopic (exact) mass is 412 g/mol. The van der Waals surface area contributed by atoms with E-state index in [-0.39, 0.29) is 0 Å². The zero-order valence-corrected chi connectivity index (χ0v) is 18.0. The van der Waals surface area contributed by atoms with Crippen molar-refractivity contribution in [3.8, 4) is 11.3 Å². The van der Waals surface area contributed by atoms with E-state index in [1.54, 1.807) is 11.3 Å². The van der Waals surface area contributed by atoms with Gasteiger partial charge < -0.3 is 4.90 Å². The van der Waals surface area contributed by atoms with Crippen molar-refractivity contribution in [3.63, 3.8) is 0 Å². The number of halogens is 1. The number of thiazole rings is 1. The van der Waals surface area contributed by atoms with Gasteiger partial charge in [-0.25, -0.2) is 4.68 Å². The van der Waals surface area contributed by atoms with E-state index in [1.165, 1.54) is 5.69 Å². The Hall–Kier alpha value is -2.37. The van der Waals surface area contributed by atoms with E-state index in [1.807, 2.05) is 42.1 Å². The van der Waals surface area contributed by atoms with Gasteiger partial charge in [-0.1, -0.05) is 35.9 Å². The molecule has 4 nitrogen and oxygen atoms in total. The average molecular weight is 413 g/mol. The molecule has 28 heavy (non-hydrogen) atoms. The van der Waals surface area contributed by atoms with Crippen LogP contribution < -0.4 is 9.70 Å². The second-order valence-corrected chi connectivity index (χ2v) is 7.48. The van der Waals surface area contributed by atoms with Crippen LogP contribution in [-0.2, 0) is 0 Å². The van der Waals surface area contributed by atoms with Crippen LogP contribution in [0.15, 0.2) is 64.0 Å². The third-order valence-electron chi connectivity index (χ3n) is 4.46. The van der Waals surface area contributed by atoms with Crippen LogP contribution in [0.2, 0.25) is 5.02 Å². The van der Waals surface area contributed by atoms with Crippen molar-refractivity contribution in [2.24, 2.45) is 10.1 Å². The van der Waals surface area contributed by atoms with Gasteiger partial charge in [0.2, 0.25) is 4.80 Å². The molecular weight excluding hydrogens is 388 g/mol. The van der Waals surface area contributed by atoms with Gasteiger partial charge in [0.15, 0.2) is 0 Å². The largest absolute Gasteiger partial charge is 0.372 e. The molecule has 3 aromatic rings. The summed E-state index contributed by atoms with van der Waals surface area (Å²) >= 11 is 7.63. The predicted molar refractivity (Wildman–Crippen MR) is 122 cm³/mol. The van der Waals surface area contributed by atoms with Crippen LogP contribution in [0.5, 0.6) is 0 Å². The van der Waals surface area contributed by atoms with Crippen LogP contribution >= 0.6 is 22.9 Å². The molecule has 2 aromatic carbocycles. The Morgan fingerprint density at radius 2 is 1.68 bits per heavy atom. The van der Waals surface area contributed by atoms with Crippen LogP contribution in [0, 0.1) is 0 Å². The minimum Gasteiger partial charge on any atom is -0.372 e. The average Bonchev–Trinajstić information content (AvgIpc) is 3.12. The Bertz CT molecular complexity index is 981. The molecule has 0 aliphatic heterocycles. The highest BCUT2D eigenvalue weighted by atomic mass is 35.5. The number of aromatic nitrogens is 1. The molecule has 0 fully saturated rings. The number of anilines is 1. The Kier molecular flexibility index (Phi) is 7.06. The Labute approximate surface area is 175 Å². The van der Waals surface area contributed by atoms with Crippen molar-refractivity contribution in [1.82, 2.24) is 4.68 Å². The SMILES string of the molecule is CCN=c1scc(-c2ccc(Cl)cc2)n1N=Cc1ccc(N(CC)CC)cc1. The highest BCUT2D eigenvalue weighted by Gasteiger charge is 2.07. The van der Waals surface area contributed by atoms with Crippen molar-refractivity contribution in [2.75, 3.05) is 24.5 Å². The molecule has 6 heteroatoms. The number of hydrogen-bond donors (Lipinski definition) is 0. The maximum Gasteiger partial charge on any atom is 0.206 e. The summed E-state index contributed by atoms with van der Waals surface area (Å²) < 4.78 is 1.90. The van der Waals surface area contributed by atoms with Crippen molar-refractivity contribution >= 4 is 34.8 Å². The molecule has 0 amide bonds. The zero-order valence-electron chi connectivity index (χ0n) is 16.5. The first-order valence-electron chi connectivity index (χ1n) is 9.52. The second kappa shape index (κ2) is 9.71. The first-order chi connectivity index (χ1) is 13.7. The fourth-order valence-electron chi connectivity index (χ4n) is 2.96. The van der Waals surface area contributed by atoms with Gasteiger partial charge >= 0.3 is 0 Å². The van der Waals surface area contributed by atoms with E-state index >= 15 is 0 Å². The topological polar surface area (TPSA) is 32.9 Å². The van der Waals surface area contributed by atoms with Gasteiger partial charge in [-0.15, -0.1) is 11.3 Å². The summed E-state index contributed by atoms with van der Waals surface area (Å²) in [6.07, 6.45) is 1.88. The maximum atomic E-state index is 6.04. The molecule has 3 rings (SSSR count). The third kappa shape index (κ3) is 4.72. The summed E-state index contributed by atoms with van der Waals surface area (Å²) in [7, 11) is 0. The molecule has 0 saturated carbocycles. The Morgan fingerprint density at radius 1 is 1.00 bits per heavy atom. The van der Waals surface area contributed by atoms with Crippen molar-refractivity contribution in [1.29, 1.82) is 0 Å². The molecule has 0 atom stereocenters. The normalized spacial score (nSPS) is 12.1. The molecule has 0 N–H and O–H groups in total. The quantitative estimate of drug-likeness (QED) is 0.470. The summed E-state index contributed by atoms with van der Waals surface area (Å²) in [5, 5.41) is 7.54. The molecular formula is C22H25ClN4S. The van der Waals surface area contributed by atoms with Gasteiger partial charge in [0.25, 0.3) is 0 Å². The van der Waals surface area contributed by atoms with E-state index in [0.717, 1.165) is 39.7 Å². The maximum absolute atomic E-state index is 6.04. The molecule has 0 aliphatic carbocycles. The second-order valence-electron chi connectivity index (χ2n) is 6.20. The fourth-order valence-corrected chi connectivity index (χ4v) is 3.99. The van der Waals surface area contributed by atoms with Crippen LogP contribution in [0.1, 0.15) is 26.3 Å². The molecule has 1 aromatic heterocycles. The molecule has 0 saturated heterocycles. The summed E-state index contributed by atoms with van der Waals surface area (Å²) in [5.41, 5.74) is 4.35. The van der Waals surface area contributed by atoms with Crippen molar-refractivity contribution in [3.05, 3.63) is 69.3 Å². The first kappa shape index (κ1) is 20.4. The lowest BCUT2D eigenvalue weighted by molar-refractivity contribution is 0.833. The third-order valence-corrected chi connectivity index (χ3v) is 5.57. The highest BCUT2D eigenvalue weighted by molar-refractivity contribution is 7.07. The van der Waals surface area contributed by atoms with Crippen LogP contribution in [0.3, 0.4) is 0 Å². The molecule has 0 unspecified atom stereocenters. The summed E-state index contributed by atoms with van der Waals surface area (Å²) in [6, 6.07) is 16.3. The number of nitrogens with zero attached hydrogens (tertiary/aromatic N) is 4. The first-order valence-corrected chi connectivity index (χ1v) is 10.8. The molecule has 1 heterocycles. The number of benzene rings is 2. The molecule has 146 valence electrons. The van der Waals surface area contributed by atoms with Gasteiger partial charge in [0.1, 0.15) is 0 Å². The minimum atomic E-state index is 0.717. The van der Waals surface area contributed by atoms with Crippen LogP contribution in [0.4, 0.5) is 5.69 Å². The summed E-state index contributed by atoms with van der Waals surface area (Å²) in [5.74, 6) is 0. The fraction of sp³-hybridized carbons (Fsp3) is 0.273. The lowest BCUT2D eigenvalue weighted by Gasteiger charge is -2.20. The number of hydrogen-bond acceptors (Lipinski definition) is 4. The van der Waals surface area contributed by atoms with Gasteiger partial charge in [-0.05, 0) is 50.6 Å². The molecule has 0 bridgehead atoms. The lowest BCUT2D eigenvalue weighted by atomic mass is 10.2. The van der Waals surface area contributed by atoms with E-state index in [0.29, 0.717) is 6.54 Å². The van der Waals surface area contributed by atoms with Crippen molar-refractivity contribution in [2.45, 2.75) is 20.8 Å². The molecule has 0 spiro atoms. The lowest BCUT2D eigenvalue weighted by Crippen LogP contribution is -2.21. The highest BCUT2D eigenvalue weighted by Crippen LogP contribution is 2.22. The smallest absolute Gasteiger partial charge is 0.206 e. The zero-order chi connectivity index (χ0) is 19.9. The van der Waals surface area contributed by atoms with E-state index in [9.17, 15) is 0 Å². The van der Waals surface area contributed by atoms with Gasteiger partial charge in [0.05, 0.1) is 11.9 Å². The minimum absolute atomic E-state index is 0.717. The van der Waals surface area contributed by atoms with E-state index in [2.05, 4.69) is 53.4 Å². The molecule has 0 radical (unpaired) electrons. The van der Waals surface area contributed by atoms with Crippen molar-refractivity contribution < 1.29 is 0 Å².